The fourth-order valence-corrected chi connectivity index (χ4v) is 5.54. The molecule has 1 aliphatic carbocycles. The minimum Gasteiger partial charge on any atom is -0.350 e. The third-order valence-electron chi connectivity index (χ3n) is 7.63. The zero-order valence-electron chi connectivity index (χ0n) is 21.6. The van der Waals surface area contributed by atoms with Crippen molar-refractivity contribution < 1.29 is 14.4 Å². The summed E-state index contributed by atoms with van der Waals surface area (Å²) in [5, 5.41) is 7.00. The van der Waals surface area contributed by atoms with Crippen molar-refractivity contribution in [1.82, 2.24) is 25.4 Å². The Morgan fingerprint density at radius 1 is 1.03 bits per heavy atom. The molecule has 0 radical (unpaired) electrons. The Bertz CT molecular complexity index is 1310. The number of rotatable bonds is 9. The van der Waals surface area contributed by atoms with Crippen molar-refractivity contribution in [3.63, 3.8) is 0 Å². The lowest BCUT2D eigenvalue weighted by atomic mass is 9.98. The molecule has 0 atom stereocenters. The number of likely N-dealkylation sites (N-methyl/N-ethyl adjacent to an activating group) is 1. The maximum atomic E-state index is 13.2. The van der Waals surface area contributed by atoms with E-state index in [-0.39, 0.29) is 17.8 Å². The van der Waals surface area contributed by atoms with Crippen LogP contribution in [-0.2, 0) is 24.2 Å². The lowest BCUT2D eigenvalue weighted by molar-refractivity contribution is -0.131. The Morgan fingerprint density at radius 2 is 1.78 bits per heavy atom. The second-order valence-electron chi connectivity index (χ2n) is 10.5. The van der Waals surface area contributed by atoms with Crippen molar-refractivity contribution in [3.05, 3.63) is 70.9 Å². The molecule has 0 unspecified atom stereocenters. The molecule has 2 heterocycles. The van der Waals surface area contributed by atoms with Gasteiger partial charge < -0.3 is 20.5 Å². The highest BCUT2D eigenvalue weighted by molar-refractivity contribution is 6.07. The molecular formula is C29H35N5O3. The Labute approximate surface area is 217 Å². The van der Waals surface area contributed by atoms with E-state index in [1.807, 2.05) is 56.6 Å². The van der Waals surface area contributed by atoms with Gasteiger partial charge in [-0.3, -0.25) is 14.5 Å². The number of aromatic amines is 1. The van der Waals surface area contributed by atoms with Crippen molar-refractivity contribution in [2.24, 2.45) is 0 Å². The summed E-state index contributed by atoms with van der Waals surface area (Å²) in [5.41, 5.74) is 3.87. The molecule has 1 aliphatic heterocycles. The fraction of sp³-hybridized carbons (Fsp3) is 0.414. The van der Waals surface area contributed by atoms with E-state index in [2.05, 4.69) is 26.6 Å². The van der Waals surface area contributed by atoms with Crippen molar-refractivity contribution >= 4 is 28.7 Å². The summed E-state index contributed by atoms with van der Waals surface area (Å²) in [7, 11) is 4.04. The number of carbonyl (C=O) groups is 3. The van der Waals surface area contributed by atoms with Gasteiger partial charge in [-0.15, -0.1) is 0 Å². The highest BCUT2D eigenvalue weighted by atomic mass is 16.2. The van der Waals surface area contributed by atoms with Gasteiger partial charge in [-0.25, -0.2) is 4.79 Å². The maximum absolute atomic E-state index is 13.2. The standard InChI is InChI=1S/C29H35N5O3/c1-33(2)16-13-22-23-18-20(12-17-34-27(36)29(32-28(34)37)14-6-7-15-29)10-11-24(23)31-25(22)26(35)30-19-21-8-4-3-5-9-21/h3-5,8-11,18,31H,6-7,12-17,19H2,1-2H3,(H,30,35)(H,32,37). The quantitative estimate of drug-likeness (QED) is 0.390. The topological polar surface area (TPSA) is 97.5 Å². The van der Waals surface area contributed by atoms with Crippen LogP contribution < -0.4 is 10.6 Å². The van der Waals surface area contributed by atoms with Gasteiger partial charge >= 0.3 is 6.03 Å². The number of nitrogens with zero attached hydrogens (tertiary/aromatic N) is 2. The van der Waals surface area contributed by atoms with Gasteiger partial charge in [-0.2, -0.15) is 0 Å². The first kappa shape index (κ1) is 25.0. The van der Waals surface area contributed by atoms with E-state index in [9.17, 15) is 14.4 Å². The van der Waals surface area contributed by atoms with Crippen LogP contribution >= 0.6 is 0 Å². The van der Waals surface area contributed by atoms with Crippen LogP contribution in [0.5, 0.6) is 0 Å². The normalized spacial score (nSPS) is 16.8. The zero-order valence-corrected chi connectivity index (χ0v) is 21.6. The minimum absolute atomic E-state index is 0.0817. The number of benzene rings is 2. The van der Waals surface area contributed by atoms with Gasteiger partial charge in [0.25, 0.3) is 11.8 Å². The number of amides is 4. The van der Waals surface area contributed by atoms with Crippen LogP contribution in [0.25, 0.3) is 10.9 Å². The molecule has 2 aromatic carbocycles. The Morgan fingerprint density at radius 3 is 2.51 bits per heavy atom. The van der Waals surface area contributed by atoms with Crippen molar-refractivity contribution in [2.45, 2.75) is 50.6 Å². The van der Waals surface area contributed by atoms with E-state index in [0.717, 1.165) is 66.2 Å². The molecule has 1 saturated heterocycles. The lowest BCUT2D eigenvalue weighted by Crippen LogP contribution is -2.44. The van der Waals surface area contributed by atoms with Crippen molar-refractivity contribution in [1.29, 1.82) is 0 Å². The first-order chi connectivity index (χ1) is 17.9. The van der Waals surface area contributed by atoms with Crippen LogP contribution in [0, 0.1) is 0 Å². The molecule has 1 spiro atoms. The number of hydrogen-bond acceptors (Lipinski definition) is 4. The van der Waals surface area contributed by atoms with E-state index in [1.54, 1.807) is 0 Å². The van der Waals surface area contributed by atoms with Crippen LogP contribution in [0.1, 0.15) is 52.9 Å². The lowest BCUT2D eigenvalue weighted by Gasteiger charge is -2.20. The van der Waals surface area contributed by atoms with E-state index in [0.29, 0.717) is 25.2 Å². The highest BCUT2D eigenvalue weighted by Crippen LogP contribution is 2.35. The van der Waals surface area contributed by atoms with Crippen LogP contribution in [-0.4, -0.2) is 65.4 Å². The van der Waals surface area contributed by atoms with Crippen LogP contribution in [0.4, 0.5) is 4.79 Å². The molecule has 2 fully saturated rings. The van der Waals surface area contributed by atoms with Gasteiger partial charge in [0.1, 0.15) is 11.2 Å². The molecule has 1 saturated carbocycles. The molecule has 0 bridgehead atoms. The SMILES string of the molecule is CN(C)CCc1c(C(=O)NCc2ccccc2)[nH]c2ccc(CCN3C(=O)NC4(CCCC4)C3=O)cc12. The third-order valence-corrected chi connectivity index (χ3v) is 7.63. The number of nitrogens with one attached hydrogen (secondary N) is 3. The van der Waals surface area contributed by atoms with E-state index >= 15 is 0 Å². The molecule has 5 rings (SSSR count). The minimum atomic E-state index is -0.678. The van der Waals surface area contributed by atoms with Gasteiger partial charge in [-0.05, 0) is 68.6 Å². The number of urea groups is 1. The summed E-state index contributed by atoms with van der Waals surface area (Å²) in [6, 6.07) is 15.7. The van der Waals surface area contributed by atoms with Gasteiger partial charge in [-0.1, -0.05) is 49.2 Å². The Balaban J connectivity index is 1.35. The summed E-state index contributed by atoms with van der Waals surface area (Å²) >= 11 is 0. The summed E-state index contributed by atoms with van der Waals surface area (Å²) < 4.78 is 0. The predicted octanol–water partition coefficient (Wildman–Crippen LogP) is 3.61. The fourth-order valence-electron chi connectivity index (χ4n) is 5.54. The highest BCUT2D eigenvalue weighted by Gasteiger charge is 2.52. The van der Waals surface area contributed by atoms with E-state index < -0.39 is 5.54 Å². The first-order valence-corrected chi connectivity index (χ1v) is 13.1. The molecule has 8 nitrogen and oxygen atoms in total. The summed E-state index contributed by atoms with van der Waals surface area (Å²) in [4.78, 5) is 45.6. The maximum Gasteiger partial charge on any atom is 0.325 e. The molecule has 3 N–H and O–H groups in total. The molecule has 194 valence electrons. The molecule has 1 aromatic heterocycles. The summed E-state index contributed by atoms with van der Waals surface area (Å²) in [6.07, 6.45) is 4.70. The molecule has 4 amide bonds. The van der Waals surface area contributed by atoms with Crippen LogP contribution in [0.3, 0.4) is 0 Å². The Hall–Kier alpha value is -3.65. The summed E-state index contributed by atoms with van der Waals surface area (Å²) in [6.45, 7) is 1.61. The monoisotopic (exact) mass is 501 g/mol. The van der Waals surface area contributed by atoms with Gasteiger partial charge in [0, 0.05) is 30.5 Å². The third kappa shape index (κ3) is 5.11. The van der Waals surface area contributed by atoms with Gasteiger partial charge in [0.15, 0.2) is 0 Å². The number of aromatic nitrogens is 1. The second kappa shape index (κ2) is 10.4. The van der Waals surface area contributed by atoms with Crippen molar-refractivity contribution in [3.8, 4) is 0 Å². The molecule has 3 aromatic rings. The van der Waals surface area contributed by atoms with Crippen molar-refractivity contribution in [2.75, 3.05) is 27.2 Å². The average molecular weight is 502 g/mol. The Kier molecular flexibility index (Phi) is 7.02. The van der Waals surface area contributed by atoms with Gasteiger partial charge in [0.05, 0.1) is 0 Å². The second-order valence-corrected chi connectivity index (χ2v) is 10.5. The zero-order chi connectivity index (χ0) is 26.0. The number of hydrogen-bond donors (Lipinski definition) is 3. The first-order valence-electron chi connectivity index (χ1n) is 13.1. The molecular weight excluding hydrogens is 466 g/mol. The van der Waals surface area contributed by atoms with Crippen LogP contribution in [0.15, 0.2) is 48.5 Å². The van der Waals surface area contributed by atoms with E-state index in [1.165, 1.54) is 4.90 Å². The smallest absolute Gasteiger partial charge is 0.325 e. The number of imide groups is 1. The largest absolute Gasteiger partial charge is 0.350 e. The van der Waals surface area contributed by atoms with Gasteiger partial charge in [0.2, 0.25) is 0 Å². The number of fused-ring (bicyclic) bond motifs is 1. The average Bonchev–Trinajstić information content (AvgIpc) is 3.57. The number of carbonyl (C=O) groups excluding carboxylic acids is 3. The summed E-state index contributed by atoms with van der Waals surface area (Å²) in [5.74, 6) is -0.210. The molecule has 8 heteroatoms. The predicted molar refractivity (Wildman–Crippen MR) is 143 cm³/mol. The van der Waals surface area contributed by atoms with Crippen LogP contribution in [0.2, 0.25) is 0 Å². The molecule has 37 heavy (non-hydrogen) atoms. The molecule has 2 aliphatic rings. The number of H-pyrrole nitrogens is 1. The van der Waals surface area contributed by atoms with E-state index in [4.69, 9.17) is 0 Å².